The number of aromatic nitrogens is 2. The highest BCUT2D eigenvalue weighted by molar-refractivity contribution is 5.31. The molecule has 1 aliphatic heterocycles. The van der Waals surface area contributed by atoms with Gasteiger partial charge in [-0.2, -0.15) is 0 Å². The summed E-state index contributed by atoms with van der Waals surface area (Å²) in [5.41, 5.74) is 0.763. The van der Waals surface area contributed by atoms with Crippen molar-refractivity contribution in [3.05, 3.63) is 22.1 Å². The molecule has 5 heteroatoms. The lowest BCUT2D eigenvalue weighted by molar-refractivity contribution is 0.660. The molecule has 2 N–H and O–H groups in total. The Labute approximate surface area is 101 Å². The number of hydrogen-bond acceptors (Lipinski definition) is 4. The van der Waals surface area contributed by atoms with E-state index in [1.54, 1.807) is 6.07 Å². The van der Waals surface area contributed by atoms with E-state index in [4.69, 9.17) is 0 Å². The second-order valence-corrected chi connectivity index (χ2v) is 4.43. The molecular weight excluding hydrogens is 216 g/mol. The quantitative estimate of drug-likeness (QED) is 0.745. The fourth-order valence-corrected chi connectivity index (χ4v) is 2.06. The van der Waals surface area contributed by atoms with Gasteiger partial charge in [0.25, 0.3) is 5.56 Å². The molecule has 0 amide bonds. The normalized spacial score (nSPS) is 15.5. The Morgan fingerprint density at radius 1 is 1.47 bits per heavy atom. The van der Waals surface area contributed by atoms with Crippen LogP contribution in [0.25, 0.3) is 0 Å². The molecule has 1 aliphatic rings. The lowest BCUT2D eigenvalue weighted by Gasteiger charge is -2.16. The SMILES string of the molecule is CCCNCc1cc(=O)[nH]c(N2CCCC2)n1. The van der Waals surface area contributed by atoms with Crippen LogP contribution >= 0.6 is 0 Å². The first kappa shape index (κ1) is 12.1. The summed E-state index contributed by atoms with van der Waals surface area (Å²) in [6, 6.07) is 1.57. The van der Waals surface area contributed by atoms with E-state index >= 15 is 0 Å². The summed E-state index contributed by atoms with van der Waals surface area (Å²) in [4.78, 5) is 21.0. The maximum absolute atomic E-state index is 11.6. The molecule has 1 aromatic heterocycles. The first-order valence-corrected chi connectivity index (χ1v) is 6.35. The van der Waals surface area contributed by atoms with Gasteiger partial charge in [0.2, 0.25) is 5.95 Å². The molecule has 0 bridgehead atoms. The molecule has 0 atom stereocenters. The van der Waals surface area contributed by atoms with E-state index in [0.29, 0.717) is 6.54 Å². The number of nitrogens with zero attached hydrogens (tertiary/aromatic N) is 2. The van der Waals surface area contributed by atoms with Crippen molar-refractivity contribution in [2.45, 2.75) is 32.7 Å². The van der Waals surface area contributed by atoms with Crippen LogP contribution in [0.5, 0.6) is 0 Å². The highest BCUT2D eigenvalue weighted by atomic mass is 16.1. The van der Waals surface area contributed by atoms with Gasteiger partial charge in [0.05, 0.1) is 5.69 Å². The van der Waals surface area contributed by atoms with Crippen molar-refractivity contribution in [1.82, 2.24) is 15.3 Å². The van der Waals surface area contributed by atoms with Gasteiger partial charge >= 0.3 is 0 Å². The standard InChI is InChI=1S/C12H20N4O/c1-2-5-13-9-10-8-11(17)15-12(14-10)16-6-3-4-7-16/h8,13H,2-7,9H2,1H3,(H,14,15,17). The maximum atomic E-state index is 11.6. The molecule has 1 saturated heterocycles. The van der Waals surface area contributed by atoms with E-state index in [0.717, 1.165) is 37.7 Å². The number of rotatable bonds is 5. The molecule has 0 aromatic carbocycles. The van der Waals surface area contributed by atoms with E-state index in [1.165, 1.54) is 12.8 Å². The molecule has 1 aromatic rings. The summed E-state index contributed by atoms with van der Waals surface area (Å²) in [6.45, 7) is 5.73. The topological polar surface area (TPSA) is 61.0 Å². The molecule has 5 nitrogen and oxygen atoms in total. The van der Waals surface area contributed by atoms with Gasteiger partial charge in [-0.15, -0.1) is 0 Å². The van der Waals surface area contributed by atoms with Gasteiger partial charge < -0.3 is 10.2 Å². The number of H-pyrrole nitrogens is 1. The van der Waals surface area contributed by atoms with Gasteiger partial charge in [0, 0.05) is 25.7 Å². The molecule has 0 radical (unpaired) electrons. The first-order chi connectivity index (χ1) is 8.29. The van der Waals surface area contributed by atoms with Crippen molar-refractivity contribution in [3.63, 3.8) is 0 Å². The van der Waals surface area contributed by atoms with E-state index in [-0.39, 0.29) is 5.56 Å². The number of hydrogen-bond donors (Lipinski definition) is 2. The van der Waals surface area contributed by atoms with Crippen LogP contribution in [0.2, 0.25) is 0 Å². The maximum Gasteiger partial charge on any atom is 0.252 e. The van der Waals surface area contributed by atoms with Gasteiger partial charge in [0.1, 0.15) is 0 Å². The summed E-state index contributed by atoms with van der Waals surface area (Å²) in [7, 11) is 0. The van der Waals surface area contributed by atoms with E-state index in [9.17, 15) is 4.79 Å². The third-order valence-electron chi connectivity index (χ3n) is 2.92. The van der Waals surface area contributed by atoms with Gasteiger partial charge in [-0.25, -0.2) is 4.98 Å². The second kappa shape index (κ2) is 5.82. The minimum atomic E-state index is -0.0600. The van der Waals surface area contributed by atoms with E-state index < -0.39 is 0 Å². The van der Waals surface area contributed by atoms with Crippen molar-refractivity contribution in [3.8, 4) is 0 Å². The summed E-state index contributed by atoms with van der Waals surface area (Å²) in [6.07, 6.45) is 3.45. The summed E-state index contributed by atoms with van der Waals surface area (Å²) in [5.74, 6) is 0.725. The first-order valence-electron chi connectivity index (χ1n) is 6.35. The minimum absolute atomic E-state index is 0.0600. The lowest BCUT2D eigenvalue weighted by Crippen LogP contribution is -2.25. The van der Waals surface area contributed by atoms with Gasteiger partial charge in [-0.3, -0.25) is 9.78 Å². The molecule has 1 fully saturated rings. The van der Waals surface area contributed by atoms with Crippen molar-refractivity contribution in [2.75, 3.05) is 24.5 Å². The van der Waals surface area contributed by atoms with Crippen LogP contribution in [0.4, 0.5) is 5.95 Å². The van der Waals surface area contributed by atoms with Crippen LogP contribution < -0.4 is 15.8 Å². The van der Waals surface area contributed by atoms with E-state index in [1.807, 2.05) is 0 Å². The zero-order valence-electron chi connectivity index (χ0n) is 10.3. The van der Waals surface area contributed by atoms with Crippen LogP contribution in [0.1, 0.15) is 31.9 Å². The second-order valence-electron chi connectivity index (χ2n) is 4.43. The zero-order valence-corrected chi connectivity index (χ0v) is 10.3. The molecule has 0 unspecified atom stereocenters. The van der Waals surface area contributed by atoms with Crippen molar-refractivity contribution >= 4 is 5.95 Å². The minimum Gasteiger partial charge on any atom is -0.342 e. The van der Waals surface area contributed by atoms with Crippen LogP contribution in [0.3, 0.4) is 0 Å². The number of anilines is 1. The molecule has 2 rings (SSSR count). The van der Waals surface area contributed by atoms with Crippen LogP contribution in [-0.4, -0.2) is 29.6 Å². The smallest absolute Gasteiger partial charge is 0.252 e. The summed E-state index contributed by atoms with van der Waals surface area (Å²) < 4.78 is 0. The molecular formula is C12H20N4O. The molecule has 17 heavy (non-hydrogen) atoms. The largest absolute Gasteiger partial charge is 0.342 e. The van der Waals surface area contributed by atoms with Crippen molar-refractivity contribution in [1.29, 1.82) is 0 Å². The Bertz CT molecular complexity index is 409. The van der Waals surface area contributed by atoms with E-state index in [2.05, 4.69) is 27.1 Å². The Balaban J connectivity index is 2.08. The predicted octanol–water partition coefficient (Wildman–Crippen LogP) is 0.870. The Morgan fingerprint density at radius 2 is 2.24 bits per heavy atom. The number of nitrogens with one attached hydrogen (secondary N) is 2. The highest BCUT2D eigenvalue weighted by Gasteiger charge is 2.14. The predicted molar refractivity (Wildman–Crippen MR) is 68.3 cm³/mol. The molecule has 0 aliphatic carbocycles. The molecule has 0 spiro atoms. The molecule has 94 valence electrons. The van der Waals surface area contributed by atoms with Crippen LogP contribution in [-0.2, 0) is 6.54 Å². The average molecular weight is 236 g/mol. The fraction of sp³-hybridized carbons (Fsp3) is 0.667. The summed E-state index contributed by atoms with van der Waals surface area (Å²) in [5, 5.41) is 3.26. The third-order valence-corrected chi connectivity index (χ3v) is 2.92. The van der Waals surface area contributed by atoms with Gasteiger partial charge in [0.15, 0.2) is 0 Å². The van der Waals surface area contributed by atoms with Crippen molar-refractivity contribution < 1.29 is 0 Å². The van der Waals surface area contributed by atoms with Crippen LogP contribution in [0.15, 0.2) is 10.9 Å². The molecule has 0 saturated carbocycles. The Kier molecular flexibility index (Phi) is 4.14. The lowest BCUT2D eigenvalue weighted by atomic mass is 10.4. The monoisotopic (exact) mass is 236 g/mol. The third kappa shape index (κ3) is 3.30. The van der Waals surface area contributed by atoms with Crippen molar-refractivity contribution in [2.24, 2.45) is 0 Å². The van der Waals surface area contributed by atoms with Crippen LogP contribution in [0, 0.1) is 0 Å². The Morgan fingerprint density at radius 3 is 2.94 bits per heavy atom. The van der Waals surface area contributed by atoms with Gasteiger partial charge in [-0.05, 0) is 25.8 Å². The number of aromatic amines is 1. The molecule has 2 heterocycles. The summed E-state index contributed by atoms with van der Waals surface area (Å²) >= 11 is 0. The fourth-order valence-electron chi connectivity index (χ4n) is 2.06. The highest BCUT2D eigenvalue weighted by Crippen LogP contribution is 2.13. The average Bonchev–Trinajstić information content (AvgIpc) is 2.82. The zero-order chi connectivity index (χ0) is 12.1. The van der Waals surface area contributed by atoms with Gasteiger partial charge in [-0.1, -0.05) is 6.92 Å². The Hall–Kier alpha value is -1.36.